The van der Waals surface area contributed by atoms with Crippen LogP contribution in [0, 0.1) is 13.8 Å². The first-order valence-electron chi connectivity index (χ1n) is 4.26. The van der Waals surface area contributed by atoms with Crippen LogP contribution in [0.5, 0.6) is 0 Å². The summed E-state index contributed by atoms with van der Waals surface area (Å²) < 4.78 is 0. The minimum Gasteiger partial charge on any atom is -0.342 e. The van der Waals surface area contributed by atoms with Crippen molar-refractivity contribution < 1.29 is 0 Å². The molecule has 14 heavy (non-hydrogen) atoms. The first-order valence-corrected chi connectivity index (χ1v) is 4.26. The van der Waals surface area contributed by atoms with Gasteiger partial charge in [-0.1, -0.05) is 0 Å². The van der Waals surface area contributed by atoms with Gasteiger partial charge in [0.15, 0.2) is 11.6 Å². The van der Waals surface area contributed by atoms with E-state index < -0.39 is 0 Å². The lowest BCUT2D eigenvalue weighted by molar-refractivity contribution is 1.01. The number of nitrogens with zero attached hydrogens (tertiary/aromatic N) is 2. The van der Waals surface area contributed by atoms with E-state index in [1.54, 1.807) is 26.2 Å². The van der Waals surface area contributed by atoms with Crippen molar-refractivity contribution in [2.75, 3.05) is 0 Å². The monoisotopic (exact) mass is 190 g/mol. The van der Waals surface area contributed by atoms with Gasteiger partial charge in [-0.15, -0.1) is 0 Å². The second kappa shape index (κ2) is 3.10. The van der Waals surface area contributed by atoms with Crippen molar-refractivity contribution in [2.24, 2.45) is 0 Å². The maximum absolute atomic E-state index is 11.4. The van der Waals surface area contributed by atoms with E-state index in [9.17, 15) is 4.79 Å². The highest BCUT2D eigenvalue weighted by molar-refractivity contribution is 5.42. The normalized spacial score (nSPS) is 10.4. The molecule has 5 nitrogen and oxygen atoms in total. The Kier molecular flexibility index (Phi) is 1.92. The van der Waals surface area contributed by atoms with Crippen molar-refractivity contribution in [1.29, 1.82) is 0 Å². The van der Waals surface area contributed by atoms with E-state index in [4.69, 9.17) is 0 Å². The predicted octanol–water partition coefficient (Wildman–Crippen LogP) is 0.777. The Labute approximate surface area is 80.2 Å². The van der Waals surface area contributed by atoms with Gasteiger partial charge in [0.05, 0.1) is 0 Å². The van der Waals surface area contributed by atoms with E-state index in [0.29, 0.717) is 17.2 Å². The lowest BCUT2D eigenvalue weighted by Crippen LogP contribution is -2.14. The van der Waals surface area contributed by atoms with Gasteiger partial charge in [-0.25, -0.2) is 9.97 Å². The Balaban J connectivity index is 2.63. The molecule has 0 saturated heterocycles. The van der Waals surface area contributed by atoms with Gasteiger partial charge in [0.2, 0.25) is 0 Å². The quantitative estimate of drug-likeness (QED) is 0.697. The standard InChI is InChI=1S/C9H10N4O/c1-5-6(2)12-8(13-9(5)14)7-10-3-4-11-7/h3-4H,1-2H3,(H,10,11)(H,12,13,14). The van der Waals surface area contributed by atoms with Crippen LogP contribution in [0.15, 0.2) is 17.2 Å². The largest absolute Gasteiger partial charge is 0.342 e. The molecule has 0 saturated carbocycles. The molecular formula is C9H10N4O. The van der Waals surface area contributed by atoms with Crippen LogP contribution < -0.4 is 5.56 Å². The number of aromatic nitrogens is 4. The van der Waals surface area contributed by atoms with Crippen LogP contribution in [-0.4, -0.2) is 19.9 Å². The number of aryl methyl sites for hydroxylation is 1. The molecule has 2 heterocycles. The molecule has 0 amide bonds. The van der Waals surface area contributed by atoms with Gasteiger partial charge in [0.1, 0.15) is 0 Å². The lowest BCUT2D eigenvalue weighted by atomic mass is 10.3. The summed E-state index contributed by atoms with van der Waals surface area (Å²) in [6.07, 6.45) is 3.30. The maximum atomic E-state index is 11.4. The molecule has 0 spiro atoms. The van der Waals surface area contributed by atoms with Gasteiger partial charge in [-0.2, -0.15) is 0 Å². The van der Waals surface area contributed by atoms with Gasteiger partial charge in [0, 0.05) is 23.7 Å². The summed E-state index contributed by atoms with van der Waals surface area (Å²) in [5.41, 5.74) is 1.24. The molecule has 5 heteroatoms. The molecule has 72 valence electrons. The Bertz CT molecular complexity index is 498. The van der Waals surface area contributed by atoms with Crippen molar-refractivity contribution in [1.82, 2.24) is 19.9 Å². The van der Waals surface area contributed by atoms with E-state index in [0.717, 1.165) is 5.69 Å². The molecule has 0 radical (unpaired) electrons. The third-order valence-electron chi connectivity index (χ3n) is 2.12. The van der Waals surface area contributed by atoms with Crippen LogP contribution >= 0.6 is 0 Å². The summed E-state index contributed by atoms with van der Waals surface area (Å²) in [7, 11) is 0. The summed E-state index contributed by atoms with van der Waals surface area (Å²) in [5.74, 6) is 1.05. The maximum Gasteiger partial charge on any atom is 0.254 e. The molecule has 0 aliphatic rings. The fourth-order valence-corrected chi connectivity index (χ4v) is 1.15. The van der Waals surface area contributed by atoms with Crippen molar-refractivity contribution in [3.8, 4) is 11.6 Å². The molecule has 0 fully saturated rings. The average molecular weight is 190 g/mol. The van der Waals surface area contributed by atoms with Crippen LogP contribution in [0.25, 0.3) is 11.6 Å². The molecule has 0 aromatic carbocycles. The molecule has 0 unspecified atom stereocenters. The second-order valence-corrected chi connectivity index (χ2v) is 3.06. The first kappa shape index (κ1) is 8.68. The van der Waals surface area contributed by atoms with Gasteiger partial charge in [0.25, 0.3) is 5.56 Å². The van der Waals surface area contributed by atoms with E-state index in [1.165, 1.54) is 0 Å². The zero-order valence-corrected chi connectivity index (χ0v) is 7.96. The number of nitrogens with one attached hydrogen (secondary N) is 2. The highest BCUT2D eigenvalue weighted by atomic mass is 16.1. The summed E-state index contributed by atoms with van der Waals surface area (Å²) in [6, 6.07) is 0. The average Bonchev–Trinajstić information content (AvgIpc) is 2.66. The number of aromatic amines is 2. The minimum absolute atomic E-state index is 0.121. The van der Waals surface area contributed by atoms with Crippen LogP contribution in [0.3, 0.4) is 0 Å². The molecular weight excluding hydrogens is 180 g/mol. The molecule has 2 aromatic rings. The van der Waals surface area contributed by atoms with Crippen molar-refractivity contribution >= 4 is 0 Å². The lowest BCUT2D eigenvalue weighted by Gasteiger charge is -2.00. The van der Waals surface area contributed by atoms with Gasteiger partial charge >= 0.3 is 0 Å². The molecule has 2 N–H and O–H groups in total. The number of hydrogen-bond donors (Lipinski definition) is 2. The summed E-state index contributed by atoms with van der Waals surface area (Å²) in [6.45, 7) is 3.55. The Morgan fingerprint density at radius 1 is 1.29 bits per heavy atom. The molecule has 0 bridgehead atoms. The fourth-order valence-electron chi connectivity index (χ4n) is 1.15. The van der Waals surface area contributed by atoms with Crippen LogP contribution in [0.4, 0.5) is 0 Å². The Morgan fingerprint density at radius 3 is 2.64 bits per heavy atom. The molecule has 0 aliphatic heterocycles. The smallest absolute Gasteiger partial charge is 0.254 e. The van der Waals surface area contributed by atoms with Crippen LogP contribution in [-0.2, 0) is 0 Å². The van der Waals surface area contributed by atoms with Gasteiger partial charge in [-0.05, 0) is 13.8 Å². The number of hydrogen-bond acceptors (Lipinski definition) is 3. The predicted molar refractivity (Wildman–Crippen MR) is 51.9 cm³/mol. The van der Waals surface area contributed by atoms with E-state index >= 15 is 0 Å². The van der Waals surface area contributed by atoms with Gasteiger partial charge < -0.3 is 9.97 Å². The highest BCUT2D eigenvalue weighted by Gasteiger charge is 2.06. The van der Waals surface area contributed by atoms with Crippen LogP contribution in [0.1, 0.15) is 11.3 Å². The Morgan fingerprint density at radius 2 is 2.07 bits per heavy atom. The number of rotatable bonds is 1. The summed E-state index contributed by atoms with van der Waals surface area (Å²) >= 11 is 0. The molecule has 0 aliphatic carbocycles. The summed E-state index contributed by atoms with van der Waals surface area (Å²) in [5, 5.41) is 0. The summed E-state index contributed by atoms with van der Waals surface area (Å²) in [4.78, 5) is 25.2. The second-order valence-electron chi connectivity index (χ2n) is 3.06. The van der Waals surface area contributed by atoms with E-state index in [-0.39, 0.29) is 5.56 Å². The van der Waals surface area contributed by atoms with Crippen molar-refractivity contribution in [3.05, 3.63) is 34.0 Å². The van der Waals surface area contributed by atoms with Crippen LogP contribution in [0.2, 0.25) is 0 Å². The van der Waals surface area contributed by atoms with Crippen molar-refractivity contribution in [3.63, 3.8) is 0 Å². The highest BCUT2D eigenvalue weighted by Crippen LogP contribution is 2.07. The number of H-pyrrole nitrogens is 2. The van der Waals surface area contributed by atoms with Crippen molar-refractivity contribution in [2.45, 2.75) is 13.8 Å². The Hall–Kier alpha value is -1.91. The number of imidazole rings is 1. The molecule has 2 aromatic heterocycles. The van der Waals surface area contributed by atoms with E-state index in [1.807, 2.05) is 0 Å². The zero-order valence-electron chi connectivity index (χ0n) is 7.96. The third-order valence-corrected chi connectivity index (χ3v) is 2.12. The first-order chi connectivity index (χ1) is 6.68. The SMILES string of the molecule is Cc1nc(-c2ncc[nH]2)[nH]c(=O)c1C. The zero-order chi connectivity index (χ0) is 10.1. The topological polar surface area (TPSA) is 74.4 Å². The van der Waals surface area contributed by atoms with Gasteiger partial charge in [-0.3, -0.25) is 4.79 Å². The molecule has 2 rings (SSSR count). The fraction of sp³-hybridized carbons (Fsp3) is 0.222. The minimum atomic E-state index is -0.121. The molecule has 0 atom stereocenters. The third kappa shape index (κ3) is 1.32. The van der Waals surface area contributed by atoms with E-state index in [2.05, 4.69) is 19.9 Å².